The van der Waals surface area contributed by atoms with Gasteiger partial charge in [0, 0.05) is 55.4 Å². The zero-order valence-electron chi connectivity index (χ0n) is 31.2. The topological polar surface area (TPSA) is 247 Å². The van der Waals surface area contributed by atoms with E-state index in [-0.39, 0.29) is 6.42 Å². The molecule has 0 spiro atoms. The lowest BCUT2D eigenvalue weighted by Gasteiger charge is -2.45. The van der Waals surface area contributed by atoms with E-state index >= 15 is 0 Å². The second-order valence-electron chi connectivity index (χ2n) is 12.3. The molecule has 300 valence electrons. The first-order valence-electron chi connectivity index (χ1n) is 16.6. The van der Waals surface area contributed by atoms with Crippen LogP contribution in [0.1, 0.15) is 75.7 Å². The summed E-state index contributed by atoms with van der Waals surface area (Å²) in [5.41, 5.74) is 0. The standard InChI is InChI=1S/C33H48O20/c1-14(44-32-30(50-22(9)40)28(48-20(7)38)26(46-18(5)36)24(52-32)12-42-16(3)34)11-15(2)45-33-31(51-23(10)41)29(49-21(8)39)27(47-19(6)37)25(53-33)13-43-17(4)35/h14-15,24-33H,11-13H2,1-10H3/t14-,15-,24+,25+,26+,27+,28-,29-,30-,31-,32-,33-/m0/s1. The van der Waals surface area contributed by atoms with Gasteiger partial charge in [0.1, 0.15) is 25.4 Å². The van der Waals surface area contributed by atoms with Crippen molar-refractivity contribution in [3.8, 4) is 0 Å². The first kappa shape index (κ1) is 44.8. The Labute approximate surface area is 305 Å². The zero-order chi connectivity index (χ0) is 40.2. The lowest BCUT2D eigenvalue weighted by Crippen LogP contribution is -2.63. The van der Waals surface area contributed by atoms with Gasteiger partial charge in [-0.05, 0) is 20.3 Å². The molecule has 2 saturated heterocycles. The highest BCUT2D eigenvalue weighted by molar-refractivity contribution is 5.70. The van der Waals surface area contributed by atoms with Gasteiger partial charge in [-0.3, -0.25) is 38.4 Å². The maximum Gasteiger partial charge on any atom is 0.303 e. The molecule has 20 heteroatoms. The van der Waals surface area contributed by atoms with Crippen molar-refractivity contribution in [2.75, 3.05) is 13.2 Å². The maximum atomic E-state index is 12.2. The number of carbonyl (C=O) groups excluding carboxylic acids is 8. The third-order valence-corrected chi connectivity index (χ3v) is 7.29. The van der Waals surface area contributed by atoms with E-state index in [4.69, 9.17) is 56.8 Å². The minimum atomic E-state index is -1.48. The fourth-order valence-corrected chi connectivity index (χ4v) is 5.63. The van der Waals surface area contributed by atoms with Crippen molar-refractivity contribution in [1.82, 2.24) is 0 Å². The van der Waals surface area contributed by atoms with E-state index in [0.29, 0.717) is 0 Å². The lowest BCUT2D eigenvalue weighted by molar-refractivity contribution is -0.325. The van der Waals surface area contributed by atoms with Crippen molar-refractivity contribution < 1.29 is 95.2 Å². The van der Waals surface area contributed by atoms with Crippen LogP contribution in [-0.4, -0.2) is 135 Å². The van der Waals surface area contributed by atoms with Gasteiger partial charge in [0.15, 0.2) is 49.2 Å². The molecule has 2 fully saturated rings. The minimum Gasteiger partial charge on any atom is -0.463 e. The molecular formula is C33H48O20. The summed E-state index contributed by atoms with van der Waals surface area (Å²) < 4.78 is 66.9. The van der Waals surface area contributed by atoms with Crippen molar-refractivity contribution in [1.29, 1.82) is 0 Å². The van der Waals surface area contributed by atoms with Crippen LogP contribution in [0, 0.1) is 0 Å². The molecule has 2 aliphatic heterocycles. The van der Waals surface area contributed by atoms with E-state index in [1.165, 1.54) is 0 Å². The predicted molar refractivity (Wildman–Crippen MR) is 170 cm³/mol. The molecule has 0 aromatic rings. The molecule has 0 unspecified atom stereocenters. The summed E-state index contributed by atoms with van der Waals surface area (Å²) in [6.45, 7) is 11.0. The Hall–Kier alpha value is -4.40. The molecule has 0 aliphatic carbocycles. The number of ether oxygens (including phenoxy) is 12. The predicted octanol–water partition coefficient (Wildman–Crippen LogP) is 0.353. The second-order valence-corrected chi connectivity index (χ2v) is 12.3. The van der Waals surface area contributed by atoms with Gasteiger partial charge < -0.3 is 56.8 Å². The molecule has 2 rings (SSSR count). The molecule has 0 aromatic heterocycles. The summed E-state index contributed by atoms with van der Waals surface area (Å²) in [5.74, 6) is -6.28. The molecule has 0 N–H and O–H groups in total. The molecule has 12 atom stereocenters. The Kier molecular flexibility index (Phi) is 17.5. The largest absolute Gasteiger partial charge is 0.463 e. The first-order valence-corrected chi connectivity index (χ1v) is 16.6. The summed E-state index contributed by atoms with van der Waals surface area (Å²) in [6, 6.07) is 0. The van der Waals surface area contributed by atoms with E-state index in [2.05, 4.69) is 0 Å². The highest BCUT2D eigenvalue weighted by Gasteiger charge is 2.55. The average Bonchev–Trinajstić information content (AvgIpc) is 2.99. The smallest absolute Gasteiger partial charge is 0.303 e. The van der Waals surface area contributed by atoms with Crippen LogP contribution in [0.25, 0.3) is 0 Å². The molecular weight excluding hydrogens is 716 g/mol. The quantitative estimate of drug-likeness (QED) is 0.152. The summed E-state index contributed by atoms with van der Waals surface area (Å²) in [5, 5.41) is 0. The van der Waals surface area contributed by atoms with Gasteiger partial charge in [0.25, 0.3) is 0 Å². The highest BCUT2D eigenvalue weighted by Crippen LogP contribution is 2.33. The molecule has 2 aliphatic rings. The molecule has 20 nitrogen and oxygen atoms in total. The Balaban J connectivity index is 2.40. The van der Waals surface area contributed by atoms with Crippen LogP contribution in [0.3, 0.4) is 0 Å². The van der Waals surface area contributed by atoms with E-state index in [1.807, 2.05) is 0 Å². The van der Waals surface area contributed by atoms with Crippen LogP contribution in [0.4, 0.5) is 0 Å². The number of rotatable bonds is 16. The van der Waals surface area contributed by atoms with E-state index < -0.39 is 135 Å². The van der Waals surface area contributed by atoms with Crippen molar-refractivity contribution in [3.63, 3.8) is 0 Å². The summed E-state index contributed by atoms with van der Waals surface area (Å²) in [6.07, 6.45) is -15.8. The minimum absolute atomic E-state index is 0.0136. The SMILES string of the molecule is CC(=O)OC[C@H]1O[C@H](O[C@@H](C)C[C@H](C)O[C@H]2O[C@H](COC(C)=O)[C@@H](OC(C)=O)[C@H](OC(C)=O)[C@@H]2OC(C)=O)[C@@H](OC(C)=O)[C@@H](OC(C)=O)[C@@H]1OC(C)=O. The summed E-state index contributed by atoms with van der Waals surface area (Å²) in [7, 11) is 0. The van der Waals surface area contributed by atoms with E-state index in [0.717, 1.165) is 55.4 Å². The van der Waals surface area contributed by atoms with Crippen LogP contribution >= 0.6 is 0 Å². The highest BCUT2D eigenvalue weighted by atomic mass is 16.8. The van der Waals surface area contributed by atoms with Gasteiger partial charge >= 0.3 is 47.8 Å². The summed E-state index contributed by atoms with van der Waals surface area (Å²) in [4.78, 5) is 96.0. The Bertz CT molecular complexity index is 1230. The zero-order valence-corrected chi connectivity index (χ0v) is 31.2. The third-order valence-electron chi connectivity index (χ3n) is 7.29. The maximum absolute atomic E-state index is 12.2. The number of hydrogen-bond acceptors (Lipinski definition) is 20. The van der Waals surface area contributed by atoms with Gasteiger partial charge in [-0.25, -0.2) is 0 Å². The van der Waals surface area contributed by atoms with Crippen molar-refractivity contribution in [3.05, 3.63) is 0 Å². The van der Waals surface area contributed by atoms with Crippen LogP contribution in [-0.2, 0) is 95.2 Å². The summed E-state index contributed by atoms with van der Waals surface area (Å²) >= 11 is 0. The van der Waals surface area contributed by atoms with Crippen molar-refractivity contribution in [2.45, 2.75) is 149 Å². The van der Waals surface area contributed by atoms with Gasteiger partial charge in [-0.1, -0.05) is 0 Å². The van der Waals surface area contributed by atoms with Crippen LogP contribution in [0.5, 0.6) is 0 Å². The number of esters is 8. The van der Waals surface area contributed by atoms with Crippen molar-refractivity contribution in [2.24, 2.45) is 0 Å². The van der Waals surface area contributed by atoms with Gasteiger partial charge in [0.05, 0.1) is 12.2 Å². The number of carbonyl (C=O) groups is 8. The Morgan fingerprint density at radius 2 is 0.679 bits per heavy atom. The van der Waals surface area contributed by atoms with Gasteiger partial charge in [0.2, 0.25) is 0 Å². The Morgan fingerprint density at radius 1 is 0.415 bits per heavy atom. The Morgan fingerprint density at radius 3 is 0.943 bits per heavy atom. The molecule has 53 heavy (non-hydrogen) atoms. The monoisotopic (exact) mass is 764 g/mol. The molecule has 0 aromatic carbocycles. The first-order chi connectivity index (χ1) is 24.7. The fourth-order valence-electron chi connectivity index (χ4n) is 5.63. The normalized spacial score (nSPS) is 29.2. The molecule has 0 bridgehead atoms. The van der Waals surface area contributed by atoms with Crippen LogP contribution in [0.15, 0.2) is 0 Å². The number of hydrogen-bond donors (Lipinski definition) is 0. The fraction of sp³-hybridized carbons (Fsp3) is 0.758. The molecule has 0 amide bonds. The van der Waals surface area contributed by atoms with Crippen LogP contribution in [0.2, 0.25) is 0 Å². The van der Waals surface area contributed by atoms with Gasteiger partial charge in [-0.15, -0.1) is 0 Å². The van der Waals surface area contributed by atoms with Crippen LogP contribution < -0.4 is 0 Å². The van der Waals surface area contributed by atoms with E-state index in [1.54, 1.807) is 13.8 Å². The lowest BCUT2D eigenvalue weighted by atomic mass is 9.97. The van der Waals surface area contributed by atoms with Gasteiger partial charge in [-0.2, -0.15) is 0 Å². The van der Waals surface area contributed by atoms with Crippen molar-refractivity contribution >= 4 is 47.8 Å². The average molecular weight is 765 g/mol. The molecule has 0 radical (unpaired) electrons. The molecule has 2 heterocycles. The van der Waals surface area contributed by atoms with E-state index in [9.17, 15) is 38.4 Å². The second kappa shape index (κ2) is 20.7. The third kappa shape index (κ3) is 14.9. The molecule has 0 saturated carbocycles.